The number of hydrogen-bond acceptors (Lipinski definition) is 4. The number of nitrogens with zero attached hydrogens (tertiary/aromatic N) is 2. The van der Waals surface area contributed by atoms with Crippen LogP contribution in [0.15, 0.2) is 156 Å². The summed E-state index contributed by atoms with van der Waals surface area (Å²) in [4.78, 5) is 13.3. The van der Waals surface area contributed by atoms with Gasteiger partial charge in [-0.3, -0.25) is 0 Å². The van der Waals surface area contributed by atoms with Crippen LogP contribution in [0.3, 0.4) is 0 Å². The van der Waals surface area contributed by atoms with Gasteiger partial charge in [0.1, 0.15) is 0 Å². The van der Waals surface area contributed by atoms with E-state index in [1.165, 1.54) is 32.0 Å². The average molecular weight is 599 g/mol. The molecule has 0 N–H and O–H groups in total. The van der Waals surface area contributed by atoms with E-state index in [1.807, 2.05) is 12.1 Å². The zero-order valence-corrected chi connectivity index (χ0v) is 25.4. The molecule has 4 heteroatoms. The van der Waals surface area contributed by atoms with Gasteiger partial charge in [-0.05, 0) is 45.1 Å². The van der Waals surface area contributed by atoms with Crippen molar-refractivity contribution in [2.75, 3.05) is 0 Å². The highest BCUT2D eigenvalue weighted by atomic mass is 32.1. The first-order valence-corrected chi connectivity index (χ1v) is 16.3. The van der Waals surface area contributed by atoms with Crippen LogP contribution in [0.5, 0.6) is 0 Å². The molecule has 44 heavy (non-hydrogen) atoms. The lowest BCUT2D eigenvalue weighted by Crippen LogP contribution is -1.98. The summed E-state index contributed by atoms with van der Waals surface area (Å²) in [6.45, 7) is 0. The Balaban J connectivity index is 1.36. The van der Waals surface area contributed by atoms with Crippen LogP contribution < -0.4 is 0 Å². The molecule has 5 aromatic carbocycles. The zero-order valence-electron chi connectivity index (χ0n) is 23.7. The number of rotatable bonds is 6. The maximum Gasteiger partial charge on any atom is 0.0988 e. The number of benzene rings is 5. The molecule has 8 aromatic rings. The Morgan fingerprint density at radius 1 is 0.318 bits per heavy atom. The molecule has 0 unspecified atom stereocenters. The molecule has 8 rings (SSSR count). The lowest BCUT2D eigenvalue weighted by molar-refractivity contribution is 1.29. The summed E-state index contributed by atoms with van der Waals surface area (Å²) < 4.78 is 0. The second-order valence-electron chi connectivity index (χ2n) is 10.6. The summed E-state index contributed by atoms with van der Waals surface area (Å²) in [7, 11) is 0. The Morgan fingerprint density at radius 3 is 1.05 bits per heavy atom. The molecule has 0 aliphatic heterocycles. The topological polar surface area (TPSA) is 25.8 Å². The number of fused-ring (bicyclic) bond motifs is 1. The first kappa shape index (κ1) is 26.5. The Bertz CT molecular complexity index is 2010. The molecule has 0 fully saturated rings. The molecule has 0 radical (unpaired) electrons. The molecule has 0 aliphatic carbocycles. The van der Waals surface area contributed by atoms with E-state index in [0.29, 0.717) is 0 Å². The molecule has 0 aliphatic rings. The van der Waals surface area contributed by atoms with Gasteiger partial charge in [0.2, 0.25) is 0 Å². The van der Waals surface area contributed by atoms with Crippen LogP contribution in [0.25, 0.3) is 76.7 Å². The quantitative estimate of drug-likeness (QED) is 0.190. The van der Waals surface area contributed by atoms with E-state index in [-0.39, 0.29) is 0 Å². The van der Waals surface area contributed by atoms with Crippen molar-refractivity contribution >= 4 is 33.7 Å². The Morgan fingerprint density at radius 2 is 0.682 bits per heavy atom. The summed E-state index contributed by atoms with van der Waals surface area (Å²) >= 11 is 3.46. The van der Waals surface area contributed by atoms with Gasteiger partial charge < -0.3 is 0 Å². The largest absolute Gasteiger partial charge is 0.243 e. The van der Waals surface area contributed by atoms with Crippen molar-refractivity contribution in [2.24, 2.45) is 0 Å². The third-order valence-corrected chi connectivity index (χ3v) is 9.73. The van der Waals surface area contributed by atoms with Crippen molar-refractivity contribution in [1.29, 1.82) is 0 Å². The molecule has 0 atom stereocenters. The average Bonchev–Trinajstić information content (AvgIpc) is 3.84. The van der Waals surface area contributed by atoms with E-state index in [9.17, 15) is 0 Å². The highest BCUT2D eigenvalue weighted by molar-refractivity contribution is 7.14. The fourth-order valence-electron chi connectivity index (χ4n) is 5.70. The van der Waals surface area contributed by atoms with Gasteiger partial charge >= 0.3 is 0 Å². The predicted molar refractivity (Wildman–Crippen MR) is 188 cm³/mol. The van der Waals surface area contributed by atoms with Crippen molar-refractivity contribution in [1.82, 2.24) is 9.97 Å². The summed E-state index contributed by atoms with van der Waals surface area (Å²) in [5, 5.41) is 4.24. The van der Waals surface area contributed by atoms with Gasteiger partial charge in [-0.2, -0.15) is 0 Å². The molecule has 2 nitrogen and oxygen atoms in total. The van der Waals surface area contributed by atoms with Crippen LogP contribution in [0.4, 0.5) is 0 Å². The minimum absolute atomic E-state index is 0.880. The van der Waals surface area contributed by atoms with Crippen LogP contribution in [-0.2, 0) is 0 Å². The molecule has 3 aromatic heterocycles. The molecule has 0 saturated heterocycles. The van der Waals surface area contributed by atoms with E-state index in [1.54, 1.807) is 22.7 Å². The Hall–Kier alpha value is -5.16. The maximum absolute atomic E-state index is 5.48. The fourth-order valence-corrected chi connectivity index (χ4v) is 7.21. The van der Waals surface area contributed by atoms with Crippen molar-refractivity contribution in [3.63, 3.8) is 0 Å². The number of hydrogen-bond donors (Lipinski definition) is 0. The zero-order chi connectivity index (χ0) is 29.3. The maximum atomic E-state index is 5.48. The summed E-state index contributed by atoms with van der Waals surface area (Å²) in [6, 6.07) is 51.3. The molecule has 0 spiro atoms. The van der Waals surface area contributed by atoms with E-state index in [4.69, 9.17) is 9.97 Å². The van der Waals surface area contributed by atoms with Gasteiger partial charge in [0, 0.05) is 32.0 Å². The lowest BCUT2D eigenvalue weighted by Gasteiger charge is -2.15. The van der Waals surface area contributed by atoms with E-state index in [2.05, 4.69) is 144 Å². The second-order valence-corrected chi connectivity index (χ2v) is 12.5. The van der Waals surface area contributed by atoms with Gasteiger partial charge in [-0.15, -0.1) is 22.7 Å². The van der Waals surface area contributed by atoms with Gasteiger partial charge in [-0.25, -0.2) is 9.97 Å². The smallest absolute Gasteiger partial charge is 0.0988 e. The standard InChI is InChI=1S/C40H26N2S2/c1-3-9-27(10-4-1)29-15-19-31(20-16-29)37-38(32-21-17-30(18-22-32)28-11-5-2-6-12-28)42-40-34(36-14-8-26-44-36)24-23-33(39(40)41-37)35-13-7-25-43-35/h1-26H. The van der Waals surface area contributed by atoms with E-state index < -0.39 is 0 Å². The summed E-state index contributed by atoms with van der Waals surface area (Å²) in [5.41, 5.74) is 12.6. The van der Waals surface area contributed by atoms with Crippen LogP contribution in [-0.4, -0.2) is 9.97 Å². The number of aromatic nitrogens is 2. The summed E-state index contributed by atoms with van der Waals surface area (Å²) in [6.07, 6.45) is 0. The van der Waals surface area contributed by atoms with Crippen LogP contribution in [0, 0.1) is 0 Å². The molecule has 208 valence electrons. The number of thiophene rings is 2. The van der Waals surface area contributed by atoms with Crippen LogP contribution in [0.1, 0.15) is 0 Å². The predicted octanol–water partition coefficient (Wildman–Crippen LogP) is 11.8. The third-order valence-electron chi connectivity index (χ3n) is 7.93. The Kier molecular flexibility index (Phi) is 6.91. The molecular formula is C40H26N2S2. The molecule has 0 amide bonds. The van der Waals surface area contributed by atoms with Gasteiger partial charge in [0.05, 0.1) is 22.4 Å². The minimum Gasteiger partial charge on any atom is -0.243 e. The minimum atomic E-state index is 0.880. The molecule has 3 heterocycles. The third kappa shape index (κ3) is 4.94. The van der Waals surface area contributed by atoms with Crippen molar-refractivity contribution in [3.8, 4) is 65.6 Å². The van der Waals surface area contributed by atoms with Crippen molar-refractivity contribution < 1.29 is 0 Å². The highest BCUT2D eigenvalue weighted by Crippen LogP contribution is 2.41. The van der Waals surface area contributed by atoms with Crippen LogP contribution in [0.2, 0.25) is 0 Å². The first-order chi connectivity index (χ1) is 21.8. The first-order valence-electron chi connectivity index (χ1n) is 14.6. The van der Waals surface area contributed by atoms with Crippen molar-refractivity contribution in [3.05, 3.63) is 156 Å². The van der Waals surface area contributed by atoms with Gasteiger partial charge in [0.25, 0.3) is 0 Å². The van der Waals surface area contributed by atoms with Gasteiger partial charge in [0.15, 0.2) is 0 Å². The van der Waals surface area contributed by atoms with E-state index >= 15 is 0 Å². The van der Waals surface area contributed by atoms with Gasteiger partial charge in [-0.1, -0.05) is 133 Å². The van der Waals surface area contributed by atoms with Crippen LogP contribution >= 0.6 is 22.7 Å². The molecule has 0 saturated carbocycles. The second kappa shape index (κ2) is 11.5. The lowest BCUT2D eigenvalue weighted by atomic mass is 9.97. The highest BCUT2D eigenvalue weighted by Gasteiger charge is 2.20. The summed E-state index contributed by atoms with van der Waals surface area (Å²) in [5.74, 6) is 0. The van der Waals surface area contributed by atoms with E-state index in [0.717, 1.165) is 44.7 Å². The normalized spacial score (nSPS) is 11.2. The molecule has 0 bridgehead atoms. The fraction of sp³-hybridized carbons (Fsp3) is 0. The van der Waals surface area contributed by atoms with Crippen molar-refractivity contribution in [2.45, 2.75) is 0 Å². The SMILES string of the molecule is c1ccc(-c2ccc(-c3nc4c(-c5cccs5)ccc(-c5cccs5)c4nc3-c3ccc(-c4ccccc4)cc3)cc2)cc1. The molecular weight excluding hydrogens is 573 g/mol. The monoisotopic (exact) mass is 598 g/mol. The Labute approximate surface area is 264 Å².